The van der Waals surface area contributed by atoms with E-state index in [4.69, 9.17) is 0 Å². The maximum absolute atomic E-state index is 4.06. The van der Waals surface area contributed by atoms with Crippen LogP contribution < -0.4 is 0 Å². The number of allylic oxidation sites excluding steroid dienone is 1. The van der Waals surface area contributed by atoms with Gasteiger partial charge in [0.1, 0.15) is 0 Å². The molecule has 0 saturated carbocycles. The van der Waals surface area contributed by atoms with Crippen LogP contribution in [-0.2, 0) is 0 Å². The molecular formula is C12H24N2. The summed E-state index contributed by atoms with van der Waals surface area (Å²) in [6.07, 6.45) is 2.45. The average molecular weight is 196 g/mol. The summed E-state index contributed by atoms with van der Waals surface area (Å²) in [5, 5.41) is 0. The largest absolute Gasteiger partial charge is 0.374 e. The van der Waals surface area contributed by atoms with Gasteiger partial charge in [-0.2, -0.15) is 0 Å². The molecule has 1 heterocycles. The van der Waals surface area contributed by atoms with Crippen molar-refractivity contribution in [3.05, 3.63) is 12.3 Å². The Kier molecular flexibility index (Phi) is 3.99. The van der Waals surface area contributed by atoms with Crippen LogP contribution in [0.15, 0.2) is 12.3 Å². The molecule has 2 heteroatoms. The highest BCUT2D eigenvalue weighted by molar-refractivity contribution is 5.03. The van der Waals surface area contributed by atoms with Crippen LogP contribution in [0, 0.1) is 5.92 Å². The van der Waals surface area contributed by atoms with Crippen molar-refractivity contribution >= 4 is 0 Å². The fourth-order valence-electron chi connectivity index (χ4n) is 2.23. The molecule has 82 valence electrons. The Morgan fingerprint density at radius 2 is 2.21 bits per heavy atom. The Labute approximate surface area is 88.6 Å². The molecule has 0 N–H and O–H groups in total. The highest BCUT2D eigenvalue weighted by atomic mass is 15.2. The minimum absolute atomic E-state index is 0.686. The van der Waals surface area contributed by atoms with Gasteiger partial charge in [0.25, 0.3) is 0 Å². The highest BCUT2D eigenvalue weighted by Crippen LogP contribution is 2.24. The zero-order valence-electron chi connectivity index (χ0n) is 10.1. The lowest BCUT2D eigenvalue weighted by Gasteiger charge is -2.28. The fourth-order valence-corrected chi connectivity index (χ4v) is 2.23. The van der Waals surface area contributed by atoms with Crippen LogP contribution >= 0.6 is 0 Å². The van der Waals surface area contributed by atoms with Crippen molar-refractivity contribution in [1.82, 2.24) is 9.80 Å². The second-order valence-electron chi connectivity index (χ2n) is 4.98. The maximum atomic E-state index is 4.06. The zero-order valence-corrected chi connectivity index (χ0v) is 10.1. The molecule has 1 saturated heterocycles. The number of rotatable bonds is 4. The number of likely N-dealkylation sites (tertiary alicyclic amines) is 1. The van der Waals surface area contributed by atoms with Gasteiger partial charge in [0, 0.05) is 31.9 Å². The van der Waals surface area contributed by atoms with Gasteiger partial charge in [-0.25, -0.2) is 0 Å². The van der Waals surface area contributed by atoms with Crippen molar-refractivity contribution in [2.24, 2.45) is 5.92 Å². The van der Waals surface area contributed by atoms with Crippen molar-refractivity contribution in [3.63, 3.8) is 0 Å². The molecular weight excluding hydrogens is 172 g/mol. The molecule has 0 amide bonds. The number of hydrogen-bond acceptors (Lipinski definition) is 2. The van der Waals surface area contributed by atoms with Gasteiger partial charge in [-0.05, 0) is 25.8 Å². The molecule has 1 aliphatic heterocycles. The standard InChI is InChI=1S/C12H24N2/c1-10(2)8-13(4)9-12-7-6-11(3)14(12)5/h10,12H,3,6-9H2,1-2,4-5H3/t12-/m1/s1. The number of likely N-dealkylation sites (N-methyl/N-ethyl adjacent to an activating group) is 2. The zero-order chi connectivity index (χ0) is 10.7. The van der Waals surface area contributed by atoms with E-state index in [1.165, 1.54) is 31.6 Å². The van der Waals surface area contributed by atoms with E-state index in [2.05, 4.69) is 44.3 Å². The quantitative estimate of drug-likeness (QED) is 0.680. The molecule has 0 aromatic carbocycles. The van der Waals surface area contributed by atoms with Crippen molar-refractivity contribution in [2.75, 3.05) is 27.2 Å². The second kappa shape index (κ2) is 4.83. The summed E-state index contributed by atoms with van der Waals surface area (Å²) in [5.74, 6) is 0.759. The molecule has 0 bridgehead atoms. The predicted octanol–water partition coefficient (Wildman–Crippen LogP) is 2.18. The van der Waals surface area contributed by atoms with E-state index in [0.29, 0.717) is 6.04 Å². The Bertz CT molecular complexity index is 198. The van der Waals surface area contributed by atoms with Crippen LogP contribution in [0.5, 0.6) is 0 Å². The second-order valence-corrected chi connectivity index (χ2v) is 4.98. The Balaban J connectivity index is 2.33. The van der Waals surface area contributed by atoms with E-state index >= 15 is 0 Å². The molecule has 2 nitrogen and oxygen atoms in total. The Morgan fingerprint density at radius 1 is 1.57 bits per heavy atom. The van der Waals surface area contributed by atoms with E-state index in [1.807, 2.05) is 0 Å². The Hall–Kier alpha value is -0.500. The lowest BCUT2D eigenvalue weighted by Crippen LogP contribution is -2.37. The summed E-state index contributed by atoms with van der Waals surface area (Å²) in [5.41, 5.74) is 1.30. The summed E-state index contributed by atoms with van der Waals surface area (Å²) in [4.78, 5) is 4.78. The molecule has 0 aromatic rings. The minimum atomic E-state index is 0.686. The molecule has 1 atom stereocenters. The molecule has 0 unspecified atom stereocenters. The van der Waals surface area contributed by atoms with Gasteiger partial charge >= 0.3 is 0 Å². The molecule has 1 fully saturated rings. The SMILES string of the molecule is C=C1CC[C@H](CN(C)CC(C)C)N1C. The minimum Gasteiger partial charge on any atom is -0.374 e. The average Bonchev–Trinajstić information content (AvgIpc) is 2.34. The van der Waals surface area contributed by atoms with Crippen LogP contribution in [0.3, 0.4) is 0 Å². The smallest absolute Gasteiger partial charge is 0.0414 e. The van der Waals surface area contributed by atoms with E-state index in [-0.39, 0.29) is 0 Å². The normalized spacial score (nSPS) is 22.9. The predicted molar refractivity (Wildman–Crippen MR) is 62.3 cm³/mol. The van der Waals surface area contributed by atoms with Gasteiger partial charge in [0.05, 0.1) is 0 Å². The lowest BCUT2D eigenvalue weighted by atomic mass is 10.1. The summed E-state index contributed by atoms with van der Waals surface area (Å²) < 4.78 is 0. The first-order chi connectivity index (χ1) is 6.50. The van der Waals surface area contributed by atoms with Crippen molar-refractivity contribution in [1.29, 1.82) is 0 Å². The monoisotopic (exact) mass is 196 g/mol. The van der Waals surface area contributed by atoms with Gasteiger partial charge in [0.15, 0.2) is 0 Å². The Morgan fingerprint density at radius 3 is 2.64 bits per heavy atom. The molecule has 0 spiro atoms. The van der Waals surface area contributed by atoms with E-state index < -0.39 is 0 Å². The molecule has 0 aliphatic carbocycles. The van der Waals surface area contributed by atoms with Gasteiger partial charge in [-0.3, -0.25) is 0 Å². The van der Waals surface area contributed by atoms with Crippen molar-refractivity contribution in [2.45, 2.75) is 32.7 Å². The van der Waals surface area contributed by atoms with E-state index in [9.17, 15) is 0 Å². The topological polar surface area (TPSA) is 6.48 Å². The van der Waals surface area contributed by atoms with Crippen LogP contribution in [0.25, 0.3) is 0 Å². The lowest BCUT2D eigenvalue weighted by molar-refractivity contribution is 0.220. The van der Waals surface area contributed by atoms with E-state index in [1.54, 1.807) is 0 Å². The third kappa shape index (κ3) is 3.02. The van der Waals surface area contributed by atoms with Crippen molar-refractivity contribution < 1.29 is 0 Å². The fraction of sp³-hybridized carbons (Fsp3) is 0.833. The van der Waals surface area contributed by atoms with Crippen LogP contribution in [0.2, 0.25) is 0 Å². The third-order valence-corrected chi connectivity index (χ3v) is 3.01. The molecule has 1 aliphatic rings. The van der Waals surface area contributed by atoms with Gasteiger partial charge < -0.3 is 9.80 Å². The summed E-state index contributed by atoms with van der Waals surface area (Å²) in [6, 6.07) is 0.686. The maximum Gasteiger partial charge on any atom is 0.0414 e. The van der Waals surface area contributed by atoms with E-state index in [0.717, 1.165) is 5.92 Å². The van der Waals surface area contributed by atoms with Crippen LogP contribution in [-0.4, -0.2) is 43.0 Å². The summed E-state index contributed by atoms with van der Waals surface area (Å²) >= 11 is 0. The van der Waals surface area contributed by atoms with Crippen molar-refractivity contribution in [3.8, 4) is 0 Å². The van der Waals surface area contributed by atoms with Gasteiger partial charge in [0.2, 0.25) is 0 Å². The number of nitrogens with zero attached hydrogens (tertiary/aromatic N) is 2. The number of hydrogen-bond donors (Lipinski definition) is 0. The van der Waals surface area contributed by atoms with Crippen LogP contribution in [0.1, 0.15) is 26.7 Å². The first kappa shape index (κ1) is 11.6. The molecule has 0 aromatic heterocycles. The molecule has 14 heavy (non-hydrogen) atoms. The first-order valence-electron chi connectivity index (χ1n) is 5.60. The summed E-state index contributed by atoms with van der Waals surface area (Å²) in [6.45, 7) is 11.0. The summed E-state index contributed by atoms with van der Waals surface area (Å²) in [7, 11) is 4.39. The van der Waals surface area contributed by atoms with Gasteiger partial charge in [-0.15, -0.1) is 0 Å². The molecule has 1 rings (SSSR count). The van der Waals surface area contributed by atoms with Crippen LogP contribution in [0.4, 0.5) is 0 Å². The van der Waals surface area contributed by atoms with Gasteiger partial charge in [-0.1, -0.05) is 20.4 Å². The first-order valence-corrected chi connectivity index (χ1v) is 5.60. The highest BCUT2D eigenvalue weighted by Gasteiger charge is 2.24. The molecule has 0 radical (unpaired) electrons. The third-order valence-electron chi connectivity index (χ3n) is 3.01.